The molecule has 0 saturated heterocycles. The molecule has 374 valence electrons. The highest BCUT2D eigenvalue weighted by Gasteiger charge is 2.27. The second kappa shape index (κ2) is 46.5. The fourth-order valence-electron chi connectivity index (χ4n) is 6.97. The average molecular weight is 928 g/mol. The number of carbonyl (C=O) groups is 1. The third-order valence-electron chi connectivity index (χ3n) is 11.1. The second-order valence-electron chi connectivity index (χ2n) is 18.5. The zero-order valence-corrected chi connectivity index (χ0v) is 43.3. The highest BCUT2D eigenvalue weighted by atomic mass is 31.2. The maximum atomic E-state index is 12.9. The van der Waals surface area contributed by atoms with Crippen LogP contribution in [0.3, 0.4) is 0 Å². The first-order valence-electron chi connectivity index (χ1n) is 26.1. The Morgan fingerprint density at radius 3 is 1.34 bits per heavy atom. The second-order valence-corrected chi connectivity index (χ2v) is 20.0. The summed E-state index contributed by atoms with van der Waals surface area (Å²) in [5.41, 5.74) is 0. The molecule has 0 spiro atoms. The smallest absolute Gasteiger partial charge is 0.387 e. The van der Waals surface area contributed by atoms with Crippen molar-refractivity contribution in [2.24, 2.45) is 0 Å². The number of aliphatic hydroxyl groups is 1. The summed E-state index contributed by atoms with van der Waals surface area (Å²) in [7, 11) is 1.52. The number of carbonyl (C=O) groups excluding carboxylic acids is 1. The molecule has 0 aliphatic heterocycles. The Labute approximate surface area is 400 Å². The van der Waals surface area contributed by atoms with Crippen molar-refractivity contribution in [3.05, 3.63) is 97.2 Å². The van der Waals surface area contributed by atoms with Gasteiger partial charge in [0.05, 0.1) is 39.9 Å². The van der Waals surface area contributed by atoms with Gasteiger partial charge in [0.15, 0.2) is 0 Å². The fourth-order valence-corrected chi connectivity index (χ4v) is 7.71. The van der Waals surface area contributed by atoms with Crippen molar-refractivity contribution in [2.75, 3.05) is 40.9 Å². The Bertz CT molecular complexity index is 1370. The Morgan fingerprint density at radius 1 is 0.538 bits per heavy atom. The largest absolute Gasteiger partial charge is 0.472 e. The molecule has 0 fully saturated rings. The lowest BCUT2D eigenvalue weighted by atomic mass is 10.0. The van der Waals surface area contributed by atoms with Crippen molar-refractivity contribution in [2.45, 2.75) is 212 Å². The molecule has 0 aromatic heterocycles. The zero-order valence-electron chi connectivity index (χ0n) is 42.4. The molecule has 3 N–H and O–H groups in total. The Morgan fingerprint density at radius 2 is 0.923 bits per heavy atom. The van der Waals surface area contributed by atoms with Gasteiger partial charge >= 0.3 is 7.82 Å². The standard InChI is InChI=1S/C56H99N2O6P/c1-6-8-10-12-14-16-18-20-22-24-26-28-29-30-32-34-36-38-40-42-44-46-48-50-56(60)57-54(53-64-65(61,62)63-52-51-58(3,4)5)55(59)49-47-45-43-41-39-37-35-33-31-27-25-23-21-19-17-15-13-11-9-7-2/h8,10,14,16,20,22,26,28,30,32,36,38,42,44,47,49,54-55,59H,6-7,9,11-13,15,17-19,21,23-25,27,29,31,33-35,37,39-41,43,45-46,48,50-53H2,1-5H3,(H-,57,60,61,62)/p+1/b10-8-,16-14-,22-20-,28-26-,32-30-,38-36-,44-42-,49-47+. The normalized spacial score (nSPS) is 14.9. The third-order valence-corrected chi connectivity index (χ3v) is 12.0. The molecule has 0 aromatic carbocycles. The van der Waals surface area contributed by atoms with Crippen LogP contribution in [-0.2, 0) is 18.4 Å². The van der Waals surface area contributed by atoms with Crippen LogP contribution < -0.4 is 5.32 Å². The van der Waals surface area contributed by atoms with Crippen LogP contribution in [0, 0.1) is 0 Å². The predicted molar refractivity (Wildman–Crippen MR) is 281 cm³/mol. The van der Waals surface area contributed by atoms with Gasteiger partial charge in [0.25, 0.3) is 0 Å². The van der Waals surface area contributed by atoms with Crippen LogP contribution in [0.5, 0.6) is 0 Å². The van der Waals surface area contributed by atoms with Gasteiger partial charge in [0.1, 0.15) is 13.2 Å². The number of unbranched alkanes of at least 4 members (excludes halogenated alkanes) is 19. The predicted octanol–water partition coefficient (Wildman–Crippen LogP) is 15.5. The van der Waals surface area contributed by atoms with Gasteiger partial charge in [0.2, 0.25) is 5.91 Å². The van der Waals surface area contributed by atoms with Crippen LogP contribution in [0.25, 0.3) is 0 Å². The molecule has 9 heteroatoms. The summed E-state index contributed by atoms with van der Waals surface area (Å²) in [6.07, 6.45) is 66.4. The lowest BCUT2D eigenvalue weighted by Crippen LogP contribution is -2.45. The van der Waals surface area contributed by atoms with E-state index in [1.165, 1.54) is 103 Å². The highest BCUT2D eigenvalue weighted by molar-refractivity contribution is 7.47. The SMILES string of the molecule is CC/C=C\C/C=C\C/C=C\C/C=C\C/C=C\C/C=C\C/C=C\CCCC(=O)NC(COP(=O)(O)OCC[N+](C)(C)C)C(O)/C=C/CCCCCCCCCCCCCCCCCCCC. The lowest BCUT2D eigenvalue weighted by molar-refractivity contribution is -0.870. The van der Waals surface area contributed by atoms with Crippen molar-refractivity contribution in [3.8, 4) is 0 Å². The molecule has 0 aromatic rings. The molecule has 0 rings (SSSR count). The number of quaternary nitrogens is 1. The topological polar surface area (TPSA) is 105 Å². The van der Waals surface area contributed by atoms with Crippen LogP contribution in [0.4, 0.5) is 0 Å². The molecule has 0 aliphatic rings. The van der Waals surface area contributed by atoms with E-state index in [1.807, 2.05) is 27.2 Å². The molecule has 0 bridgehead atoms. The lowest BCUT2D eigenvalue weighted by Gasteiger charge is -2.25. The monoisotopic (exact) mass is 928 g/mol. The first kappa shape index (κ1) is 62.4. The summed E-state index contributed by atoms with van der Waals surface area (Å²) in [5.74, 6) is -0.237. The van der Waals surface area contributed by atoms with E-state index in [9.17, 15) is 19.4 Å². The number of nitrogens with one attached hydrogen (secondary N) is 1. The summed E-state index contributed by atoms with van der Waals surface area (Å²) >= 11 is 0. The van der Waals surface area contributed by atoms with Gasteiger partial charge in [-0.1, -0.05) is 220 Å². The summed E-state index contributed by atoms with van der Waals surface area (Å²) in [6, 6.07) is -0.884. The quantitative estimate of drug-likeness (QED) is 0.0243. The van der Waals surface area contributed by atoms with Crippen LogP contribution in [0.15, 0.2) is 97.2 Å². The first-order valence-corrected chi connectivity index (χ1v) is 27.6. The van der Waals surface area contributed by atoms with Crippen molar-refractivity contribution in [1.29, 1.82) is 0 Å². The van der Waals surface area contributed by atoms with Crippen molar-refractivity contribution in [3.63, 3.8) is 0 Å². The summed E-state index contributed by atoms with van der Waals surface area (Å²) in [6.45, 7) is 4.65. The van der Waals surface area contributed by atoms with Gasteiger partial charge in [-0.25, -0.2) is 4.57 Å². The molecule has 0 heterocycles. The van der Waals surface area contributed by atoms with Crippen molar-refractivity contribution >= 4 is 13.7 Å². The van der Waals surface area contributed by atoms with Crippen LogP contribution in [-0.4, -0.2) is 73.4 Å². The molecule has 0 aliphatic carbocycles. The Hall–Kier alpha value is -2.58. The van der Waals surface area contributed by atoms with E-state index in [1.54, 1.807) is 6.08 Å². The third kappa shape index (κ3) is 49.2. The highest BCUT2D eigenvalue weighted by Crippen LogP contribution is 2.43. The van der Waals surface area contributed by atoms with Gasteiger partial charge in [-0.05, 0) is 70.6 Å². The van der Waals surface area contributed by atoms with Gasteiger partial charge in [-0.15, -0.1) is 0 Å². The number of phosphoric acid groups is 1. The van der Waals surface area contributed by atoms with Gasteiger partial charge in [-0.3, -0.25) is 13.8 Å². The minimum Gasteiger partial charge on any atom is -0.387 e. The van der Waals surface area contributed by atoms with Crippen molar-refractivity contribution < 1.29 is 32.9 Å². The number of allylic oxidation sites excluding steroid dienone is 15. The maximum absolute atomic E-state index is 12.9. The number of hydrogen-bond acceptors (Lipinski definition) is 5. The molecule has 65 heavy (non-hydrogen) atoms. The molecular formula is C56H100N2O6P+. The van der Waals surface area contributed by atoms with E-state index < -0.39 is 20.0 Å². The molecular weight excluding hydrogens is 828 g/mol. The first-order chi connectivity index (χ1) is 31.5. The van der Waals surface area contributed by atoms with Crippen molar-refractivity contribution in [1.82, 2.24) is 5.32 Å². The van der Waals surface area contributed by atoms with E-state index in [0.717, 1.165) is 70.6 Å². The molecule has 3 unspecified atom stereocenters. The van der Waals surface area contributed by atoms with Gasteiger partial charge in [-0.2, -0.15) is 0 Å². The van der Waals surface area contributed by atoms with E-state index in [-0.39, 0.29) is 25.5 Å². The van der Waals surface area contributed by atoms with E-state index in [2.05, 4.69) is 104 Å². The fraction of sp³-hybridized carbons (Fsp3) is 0.696. The van der Waals surface area contributed by atoms with Gasteiger partial charge < -0.3 is 19.8 Å². The average Bonchev–Trinajstić information content (AvgIpc) is 3.26. The molecule has 8 nitrogen and oxygen atoms in total. The number of rotatable bonds is 46. The minimum atomic E-state index is -4.37. The van der Waals surface area contributed by atoms with E-state index >= 15 is 0 Å². The number of nitrogens with zero attached hydrogens (tertiary/aromatic N) is 1. The zero-order chi connectivity index (χ0) is 47.8. The summed E-state index contributed by atoms with van der Waals surface area (Å²) < 4.78 is 23.6. The van der Waals surface area contributed by atoms with Crippen LogP contribution in [0.2, 0.25) is 0 Å². The number of phosphoric ester groups is 1. The molecule has 0 radical (unpaired) electrons. The summed E-state index contributed by atoms with van der Waals surface area (Å²) in [4.78, 5) is 23.2. The summed E-state index contributed by atoms with van der Waals surface area (Å²) in [5, 5.41) is 13.9. The Kier molecular flexibility index (Phi) is 44.7. The number of aliphatic hydroxyl groups excluding tert-OH is 1. The van der Waals surface area contributed by atoms with E-state index in [4.69, 9.17) is 9.05 Å². The van der Waals surface area contributed by atoms with Gasteiger partial charge in [0, 0.05) is 6.42 Å². The molecule has 1 amide bonds. The maximum Gasteiger partial charge on any atom is 0.472 e. The number of amides is 1. The van der Waals surface area contributed by atoms with Crippen LogP contribution in [0.1, 0.15) is 200 Å². The number of hydrogen-bond donors (Lipinski definition) is 3. The Balaban J connectivity index is 4.45. The minimum absolute atomic E-state index is 0.0454. The van der Waals surface area contributed by atoms with E-state index in [0.29, 0.717) is 17.4 Å². The molecule has 3 atom stereocenters. The van der Waals surface area contributed by atoms with Crippen LogP contribution >= 0.6 is 7.82 Å². The number of likely N-dealkylation sites (N-methyl/N-ethyl adjacent to an activating group) is 1. The molecule has 0 saturated carbocycles.